The van der Waals surface area contributed by atoms with E-state index in [4.69, 9.17) is 11.6 Å². The molecule has 1 saturated heterocycles. The molecule has 1 N–H and O–H groups in total. The molecule has 1 fully saturated rings. The molecule has 134 valence electrons. The molecule has 1 unspecified atom stereocenters. The minimum Gasteiger partial charge on any atom is -0.304 e. The van der Waals surface area contributed by atoms with Crippen molar-refractivity contribution in [3.05, 3.63) is 53.4 Å². The van der Waals surface area contributed by atoms with Gasteiger partial charge in [-0.2, -0.15) is 5.10 Å². The number of hydrogen-bond acceptors (Lipinski definition) is 5. The van der Waals surface area contributed by atoms with Crippen molar-refractivity contribution < 1.29 is 4.79 Å². The Morgan fingerprint density at radius 2 is 2.08 bits per heavy atom. The lowest BCUT2D eigenvalue weighted by Gasteiger charge is -2.09. The first-order valence-corrected chi connectivity index (χ1v) is 8.69. The first-order valence-electron chi connectivity index (χ1n) is 8.32. The molecular weight excluding hydrogens is 354 g/mol. The van der Waals surface area contributed by atoms with Gasteiger partial charge in [-0.05, 0) is 44.3 Å². The van der Waals surface area contributed by atoms with Gasteiger partial charge in [-0.3, -0.25) is 4.79 Å². The molecule has 1 aliphatic rings. The normalized spacial score (nSPS) is 17.5. The van der Waals surface area contributed by atoms with Gasteiger partial charge < -0.3 is 10.2 Å². The van der Waals surface area contributed by atoms with E-state index in [0.29, 0.717) is 10.8 Å². The molecule has 1 amide bonds. The monoisotopic (exact) mass is 371 g/mol. The third-order valence-corrected chi connectivity index (χ3v) is 4.66. The van der Waals surface area contributed by atoms with Crippen molar-refractivity contribution in [2.75, 3.05) is 25.5 Å². The van der Waals surface area contributed by atoms with E-state index in [-0.39, 0.29) is 17.6 Å². The second-order valence-electron chi connectivity index (χ2n) is 6.36. The van der Waals surface area contributed by atoms with Crippen LogP contribution in [0.3, 0.4) is 0 Å². The van der Waals surface area contributed by atoms with Gasteiger partial charge in [-0.15, -0.1) is 5.10 Å². The van der Waals surface area contributed by atoms with Crippen molar-refractivity contribution in [3.8, 4) is 5.69 Å². The highest BCUT2D eigenvalue weighted by atomic mass is 35.5. The maximum absolute atomic E-state index is 12.4. The van der Waals surface area contributed by atoms with E-state index in [0.717, 1.165) is 25.2 Å². The van der Waals surface area contributed by atoms with Crippen molar-refractivity contribution in [3.63, 3.8) is 0 Å². The maximum atomic E-state index is 12.4. The number of nitrogens with one attached hydrogen (secondary N) is 1. The number of amides is 1. The summed E-state index contributed by atoms with van der Waals surface area (Å²) in [7, 11) is 2.07. The van der Waals surface area contributed by atoms with E-state index in [1.54, 1.807) is 40.0 Å². The van der Waals surface area contributed by atoms with Crippen LogP contribution in [0.5, 0.6) is 0 Å². The minimum atomic E-state index is -0.330. The first-order chi connectivity index (χ1) is 12.6. The Hall–Kier alpha value is -2.71. The number of likely N-dealkylation sites (tertiary alicyclic amines) is 1. The number of carbonyl (C=O) groups excluding carboxylic acids is 1. The molecule has 3 heterocycles. The van der Waals surface area contributed by atoms with Gasteiger partial charge >= 0.3 is 0 Å². The summed E-state index contributed by atoms with van der Waals surface area (Å²) in [6.07, 6.45) is 4.46. The Morgan fingerprint density at radius 3 is 2.81 bits per heavy atom. The Kier molecular flexibility index (Phi) is 4.44. The molecule has 1 atom stereocenters. The van der Waals surface area contributed by atoms with E-state index < -0.39 is 0 Å². The van der Waals surface area contributed by atoms with E-state index in [1.807, 2.05) is 12.1 Å². The summed E-state index contributed by atoms with van der Waals surface area (Å²) in [5.41, 5.74) is 1.13. The highest BCUT2D eigenvalue weighted by Crippen LogP contribution is 2.19. The summed E-state index contributed by atoms with van der Waals surface area (Å²) in [4.78, 5) is 14.6. The van der Waals surface area contributed by atoms with Crippen LogP contribution in [0, 0.1) is 0 Å². The maximum Gasteiger partial charge on any atom is 0.279 e. The molecule has 8 nitrogen and oxygen atoms in total. The summed E-state index contributed by atoms with van der Waals surface area (Å²) in [6.45, 7) is 1.93. The largest absolute Gasteiger partial charge is 0.304 e. The van der Waals surface area contributed by atoms with Crippen LogP contribution in [-0.4, -0.2) is 55.7 Å². The number of nitrogens with zero attached hydrogens (tertiary/aromatic N) is 6. The van der Waals surface area contributed by atoms with E-state index in [9.17, 15) is 4.79 Å². The second kappa shape index (κ2) is 6.89. The quantitative estimate of drug-likeness (QED) is 0.760. The van der Waals surface area contributed by atoms with Crippen LogP contribution in [0.25, 0.3) is 5.69 Å². The topological polar surface area (TPSA) is 80.9 Å². The Balaban J connectivity index is 1.44. The molecule has 4 rings (SSSR count). The summed E-state index contributed by atoms with van der Waals surface area (Å²) < 4.78 is 3.43. The number of carbonyl (C=O) groups is 1. The summed E-state index contributed by atoms with van der Waals surface area (Å²) in [5.74, 6) is 0.115. The lowest BCUT2D eigenvalue weighted by molar-refractivity contribution is 0.102. The Labute approximate surface area is 155 Å². The van der Waals surface area contributed by atoms with Gasteiger partial charge in [0.1, 0.15) is 0 Å². The zero-order valence-corrected chi connectivity index (χ0v) is 15.0. The van der Waals surface area contributed by atoms with Crippen LogP contribution in [0.4, 0.5) is 5.82 Å². The molecule has 1 aromatic carbocycles. The van der Waals surface area contributed by atoms with Crippen molar-refractivity contribution in [2.24, 2.45) is 0 Å². The molecule has 0 bridgehead atoms. The highest BCUT2D eigenvalue weighted by Gasteiger charge is 2.23. The first kappa shape index (κ1) is 16.7. The average Bonchev–Trinajstić information content (AvgIpc) is 3.35. The molecule has 0 aliphatic carbocycles. The fourth-order valence-electron chi connectivity index (χ4n) is 3.00. The minimum absolute atomic E-state index is 0.262. The van der Waals surface area contributed by atoms with Crippen molar-refractivity contribution in [1.29, 1.82) is 0 Å². The van der Waals surface area contributed by atoms with Crippen LogP contribution in [0.15, 0.2) is 42.7 Å². The van der Waals surface area contributed by atoms with Crippen LogP contribution in [0.2, 0.25) is 5.02 Å². The number of hydrogen-bond donors (Lipinski definition) is 1. The summed E-state index contributed by atoms with van der Waals surface area (Å²) in [6, 6.07) is 9.27. The van der Waals surface area contributed by atoms with Gasteiger partial charge in [0.25, 0.3) is 5.91 Å². The predicted molar refractivity (Wildman–Crippen MR) is 97.7 cm³/mol. The van der Waals surface area contributed by atoms with Gasteiger partial charge in [0.05, 0.1) is 17.9 Å². The fraction of sp³-hybridized carbons (Fsp3) is 0.294. The molecule has 3 aromatic rings. The van der Waals surface area contributed by atoms with Crippen molar-refractivity contribution >= 4 is 23.3 Å². The summed E-state index contributed by atoms with van der Waals surface area (Å²) in [5, 5.41) is 15.8. The molecule has 1 aliphatic heterocycles. The van der Waals surface area contributed by atoms with E-state index >= 15 is 0 Å². The number of aromatic nitrogens is 5. The third-order valence-electron chi connectivity index (χ3n) is 4.41. The SMILES string of the molecule is CN1CCC(n2cc(C(=O)Nc3ccn(-c4ccc(Cl)cc4)n3)nn2)C1. The van der Waals surface area contributed by atoms with Gasteiger partial charge in [0.2, 0.25) is 0 Å². The molecular formula is C17H18ClN7O. The lowest BCUT2D eigenvalue weighted by Crippen LogP contribution is -2.17. The van der Waals surface area contributed by atoms with Gasteiger partial charge in [0.15, 0.2) is 11.5 Å². The smallest absolute Gasteiger partial charge is 0.279 e. The lowest BCUT2D eigenvalue weighted by atomic mass is 10.3. The van der Waals surface area contributed by atoms with Gasteiger partial charge in [-0.1, -0.05) is 16.8 Å². The highest BCUT2D eigenvalue weighted by molar-refractivity contribution is 6.30. The second-order valence-corrected chi connectivity index (χ2v) is 6.80. The van der Waals surface area contributed by atoms with Crippen LogP contribution in [-0.2, 0) is 0 Å². The van der Waals surface area contributed by atoms with Gasteiger partial charge in [-0.25, -0.2) is 9.36 Å². The summed E-state index contributed by atoms with van der Waals surface area (Å²) >= 11 is 5.89. The predicted octanol–water partition coefficient (Wildman–Crippen LogP) is 2.25. The molecule has 26 heavy (non-hydrogen) atoms. The zero-order chi connectivity index (χ0) is 18.1. The number of halogens is 1. The molecule has 0 radical (unpaired) electrons. The van der Waals surface area contributed by atoms with Crippen LogP contribution in [0.1, 0.15) is 23.0 Å². The van der Waals surface area contributed by atoms with Crippen molar-refractivity contribution in [1.82, 2.24) is 29.7 Å². The van der Waals surface area contributed by atoms with E-state index in [2.05, 4.69) is 32.7 Å². The zero-order valence-electron chi connectivity index (χ0n) is 14.2. The Bertz CT molecular complexity index is 917. The number of rotatable bonds is 4. The molecule has 2 aromatic heterocycles. The molecule has 0 saturated carbocycles. The van der Waals surface area contributed by atoms with Crippen molar-refractivity contribution in [2.45, 2.75) is 12.5 Å². The Morgan fingerprint density at radius 1 is 1.27 bits per heavy atom. The average molecular weight is 372 g/mol. The third kappa shape index (κ3) is 3.47. The van der Waals surface area contributed by atoms with Gasteiger partial charge in [0, 0.05) is 23.8 Å². The van der Waals surface area contributed by atoms with Crippen LogP contribution >= 0.6 is 11.6 Å². The standard InChI is InChI=1S/C17H18ClN7O/c1-23-8-6-14(10-23)25-11-15(20-22-25)17(26)19-16-7-9-24(21-16)13-4-2-12(18)3-5-13/h2-5,7,9,11,14H,6,8,10H2,1H3,(H,19,21,26). The number of likely N-dealkylation sites (N-methyl/N-ethyl adjacent to an activating group) is 1. The number of benzene rings is 1. The number of anilines is 1. The molecule has 9 heteroatoms. The van der Waals surface area contributed by atoms with Crippen LogP contribution < -0.4 is 5.32 Å². The van der Waals surface area contributed by atoms with E-state index in [1.165, 1.54) is 0 Å². The fourth-order valence-corrected chi connectivity index (χ4v) is 3.12. The molecule has 0 spiro atoms.